The summed E-state index contributed by atoms with van der Waals surface area (Å²) in [5, 5.41) is 3.93. The highest BCUT2D eigenvalue weighted by atomic mass is 32.1. The van der Waals surface area contributed by atoms with Gasteiger partial charge in [0.15, 0.2) is 11.5 Å². The van der Waals surface area contributed by atoms with Crippen LogP contribution in [0.1, 0.15) is 9.67 Å². The Labute approximate surface area is 121 Å². The number of carbonyl (C=O) groups excluding carboxylic acids is 1. The van der Waals surface area contributed by atoms with Crippen LogP contribution in [-0.4, -0.2) is 44.8 Å². The van der Waals surface area contributed by atoms with E-state index in [1.54, 1.807) is 0 Å². The minimum atomic E-state index is -0.0324. The summed E-state index contributed by atoms with van der Waals surface area (Å²) in [6.45, 7) is 1.74. The van der Waals surface area contributed by atoms with E-state index >= 15 is 0 Å². The number of hydrogen-bond donors (Lipinski definition) is 1. The number of amides is 1. The summed E-state index contributed by atoms with van der Waals surface area (Å²) in [5.74, 6) is 1.46. The number of carbonyl (C=O) groups is 1. The van der Waals surface area contributed by atoms with E-state index in [-0.39, 0.29) is 12.7 Å². The second-order valence-electron chi connectivity index (χ2n) is 4.91. The number of rotatable bonds is 4. The van der Waals surface area contributed by atoms with Gasteiger partial charge in [0, 0.05) is 23.9 Å². The number of hydrogen-bond acceptors (Lipinski definition) is 5. The quantitative estimate of drug-likeness (QED) is 0.935. The molecule has 1 amide bonds. The molecule has 0 saturated heterocycles. The molecule has 0 bridgehead atoms. The molecule has 2 heterocycles. The van der Waals surface area contributed by atoms with Crippen molar-refractivity contribution in [1.29, 1.82) is 0 Å². The smallest absolute Gasteiger partial charge is 0.261 e. The van der Waals surface area contributed by atoms with Crippen molar-refractivity contribution in [3.63, 3.8) is 0 Å². The van der Waals surface area contributed by atoms with Gasteiger partial charge in [-0.25, -0.2) is 0 Å². The van der Waals surface area contributed by atoms with Crippen LogP contribution in [-0.2, 0) is 0 Å². The average molecular weight is 292 g/mol. The van der Waals surface area contributed by atoms with Crippen LogP contribution < -0.4 is 14.8 Å². The van der Waals surface area contributed by atoms with Gasteiger partial charge >= 0.3 is 0 Å². The van der Waals surface area contributed by atoms with Crippen molar-refractivity contribution in [2.24, 2.45) is 0 Å². The molecule has 2 aromatic rings. The van der Waals surface area contributed by atoms with Gasteiger partial charge in [-0.15, -0.1) is 11.3 Å². The third-order valence-electron chi connectivity index (χ3n) is 3.08. The molecule has 20 heavy (non-hydrogen) atoms. The van der Waals surface area contributed by atoms with Crippen molar-refractivity contribution >= 4 is 27.3 Å². The topological polar surface area (TPSA) is 50.8 Å². The Morgan fingerprint density at radius 3 is 2.80 bits per heavy atom. The lowest BCUT2D eigenvalue weighted by molar-refractivity contribution is 0.0955. The lowest BCUT2D eigenvalue weighted by atomic mass is 10.2. The number of ether oxygens (including phenoxy) is 2. The monoisotopic (exact) mass is 292 g/mol. The second-order valence-corrected chi connectivity index (χ2v) is 6.00. The molecule has 1 aliphatic rings. The highest BCUT2D eigenvalue weighted by Gasteiger charge is 2.17. The van der Waals surface area contributed by atoms with Gasteiger partial charge in [-0.3, -0.25) is 4.79 Å². The second kappa shape index (κ2) is 5.30. The van der Waals surface area contributed by atoms with Crippen molar-refractivity contribution in [3.8, 4) is 11.5 Å². The maximum atomic E-state index is 12.1. The Balaban J connectivity index is 1.77. The fourth-order valence-corrected chi connectivity index (χ4v) is 3.01. The molecular weight excluding hydrogens is 276 g/mol. The number of nitrogens with zero attached hydrogens (tertiary/aromatic N) is 1. The van der Waals surface area contributed by atoms with Crippen LogP contribution in [0.15, 0.2) is 18.2 Å². The number of thiophene rings is 1. The normalized spacial score (nSPS) is 13.2. The van der Waals surface area contributed by atoms with Crippen LogP contribution in [0.3, 0.4) is 0 Å². The summed E-state index contributed by atoms with van der Waals surface area (Å²) in [6.07, 6.45) is 0. The van der Waals surface area contributed by atoms with Crippen LogP contribution in [0.2, 0.25) is 0 Å². The zero-order valence-corrected chi connectivity index (χ0v) is 12.3. The minimum absolute atomic E-state index is 0.0324. The summed E-state index contributed by atoms with van der Waals surface area (Å²) in [4.78, 5) is 14.8. The van der Waals surface area contributed by atoms with Gasteiger partial charge in [-0.05, 0) is 31.6 Å². The third kappa shape index (κ3) is 2.57. The van der Waals surface area contributed by atoms with Crippen LogP contribution in [0.25, 0.3) is 10.1 Å². The SMILES string of the molecule is CN(C)CCNC(=O)c1cc2cc3c(cc2s1)OCO3. The molecule has 0 atom stereocenters. The first-order valence-electron chi connectivity index (χ1n) is 6.39. The standard InChI is InChI=1S/C14H16N2O3S/c1-16(2)4-3-15-14(17)13-6-9-5-10-11(19-8-18-10)7-12(9)20-13/h5-7H,3-4,8H2,1-2H3,(H,15,17). The van der Waals surface area contributed by atoms with Crippen molar-refractivity contribution in [2.75, 3.05) is 34.0 Å². The molecule has 6 heteroatoms. The minimum Gasteiger partial charge on any atom is -0.454 e. The average Bonchev–Trinajstić information content (AvgIpc) is 2.99. The van der Waals surface area contributed by atoms with Gasteiger partial charge in [0.05, 0.1) is 4.88 Å². The maximum absolute atomic E-state index is 12.1. The molecule has 0 spiro atoms. The highest BCUT2D eigenvalue weighted by molar-refractivity contribution is 7.20. The molecule has 0 unspecified atom stereocenters. The molecule has 1 N–H and O–H groups in total. The molecule has 0 radical (unpaired) electrons. The Morgan fingerprint density at radius 1 is 1.30 bits per heavy atom. The van der Waals surface area contributed by atoms with E-state index in [1.807, 2.05) is 37.2 Å². The molecular formula is C14H16N2O3S. The van der Waals surface area contributed by atoms with Crippen molar-refractivity contribution in [3.05, 3.63) is 23.1 Å². The van der Waals surface area contributed by atoms with Crippen LogP contribution in [0.4, 0.5) is 0 Å². The molecule has 106 valence electrons. The summed E-state index contributed by atoms with van der Waals surface area (Å²) in [5.41, 5.74) is 0. The van der Waals surface area contributed by atoms with Gasteiger partial charge < -0.3 is 19.7 Å². The Kier molecular flexibility index (Phi) is 3.50. The van der Waals surface area contributed by atoms with E-state index in [0.29, 0.717) is 11.4 Å². The summed E-state index contributed by atoms with van der Waals surface area (Å²) in [6, 6.07) is 5.75. The number of nitrogens with one attached hydrogen (secondary N) is 1. The largest absolute Gasteiger partial charge is 0.454 e. The number of fused-ring (bicyclic) bond motifs is 2. The van der Waals surface area contributed by atoms with Crippen LogP contribution >= 0.6 is 11.3 Å². The predicted octanol–water partition coefficient (Wildman–Crippen LogP) is 1.92. The summed E-state index contributed by atoms with van der Waals surface area (Å²) >= 11 is 1.47. The molecule has 5 nitrogen and oxygen atoms in total. The zero-order chi connectivity index (χ0) is 14.1. The van der Waals surface area contributed by atoms with Crippen LogP contribution in [0.5, 0.6) is 11.5 Å². The first-order chi connectivity index (χ1) is 9.63. The van der Waals surface area contributed by atoms with Crippen molar-refractivity contribution in [2.45, 2.75) is 0 Å². The molecule has 1 aliphatic heterocycles. The Hall–Kier alpha value is -1.79. The first-order valence-corrected chi connectivity index (χ1v) is 7.21. The first kappa shape index (κ1) is 13.2. The molecule has 3 rings (SSSR count). The van der Waals surface area contributed by atoms with E-state index < -0.39 is 0 Å². The van der Waals surface area contributed by atoms with Gasteiger partial charge in [0.2, 0.25) is 6.79 Å². The molecule has 0 fully saturated rings. The van der Waals surface area contributed by atoms with Crippen molar-refractivity contribution in [1.82, 2.24) is 10.2 Å². The van der Waals surface area contributed by atoms with Gasteiger partial charge in [0.1, 0.15) is 0 Å². The maximum Gasteiger partial charge on any atom is 0.261 e. The molecule has 1 aromatic heterocycles. The zero-order valence-electron chi connectivity index (χ0n) is 11.4. The Bertz CT molecular complexity index is 610. The van der Waals surface area contributed by atoms with Gasteiger partial charge in [-0.1, -0.05) is 0 Å². The van der Waals surface area contributed by atoms with E-state index in [1.165, 1.54) is 11.3 Å². The molecule has 0 saturated carbocycles. The lowest BCUT2D eigenvalue weighted by Crippen LogP contribution is -2.30. The highest BCUT2D eigenvalue weighted by Crippen LogP contribution is 2.39. The predicted molar refractivity (Wildman–Crippen MR) is 78.8 cm³/mol. The van der Waals surface area contributed by atoms with Crippen LogP contribution in [0, 0.1) is 0 Å². The third-order valence-corrected chi connectivity index (χ3v) is 4.18. The number of benzene rings is 1. The van der Waals surface area contributed by atoms with Gasteiger partial charge in [0.25, 0.3) is 5.91 Å². The fourth-order valence-electron chi connectivity index (χ4n) is 2.02. The molecule has 0 aliphatic carbocycles. The van der Waals surface area contributed by atoms with E-state index in [4.69, 9.17) is 9.47 Å². The van der Waals surface area contributed by atoms with Crippen molar-refractivity contribution < 1.29 is 14.3 Å². The lowest BCUT2D eigenvalue weighted by Gasteiger charge is -2.09. The number of likely N-dealkylation sites (N-methyl/N-ethyl adjacent to an activating group) is 1. The van der Waals surface area contributed by atoms with E-state index in [2.05, 4.69) is 5.32 Å². The van der Waals surface area contributed by atoms with E-state index in [9.17, 15) is 4.79 Å². The Morgan fingerprint density at radius 2 is 2.05 bits per heavy atom. The van der Waals surface area contributed by atoms with E-state index in [0.717, 1.165) is 28.1 Å². The molecule has 1 aromatic carbocycles. The fraction of sp³-hybridized carbons (Fsp3) is 0.357. The van der Waals surface area contributed by atoms with Gasteiger partial charge in [-0.2, -0.15) is 0 Å². The summed E-state index contributed by atoms with van der Waals surface area (Å²) < 4.78 is 11.7. The summed E-state index contributed by atoms with van der Waals surface area (Å²) in [7, 11) is 3.96.